The Morgan fingerprint density at radius 2 is 2.00 bits per heavy atom. The van der Waals surface area contributed by atoms with E-state index in [1.807, 2.05) is 13.8 Å². The summed E-state index contributed by atoms with van der Waals surface area (Å²) in [5, 5.41) is 9.22. The number of benzene rings is 1. The summed E-state index contributed by atoms with van der Waals surface area (Å²) < 4.78 is 27.8. The van der Waals surface area contributed by atoms with Crippen LogP contribution in [0.15, 0.2) is 21.5 Å². The van der Waals surface area contributed by atoms with Crippen molar-refractivity contribution in [2.75, 3.05) is 12.3 Å². The van der Waals surface area contributed by atoms with Gasteiger partial charge in [-0.25, -0.2) is 13.1 Å². The number of aliphatic hydroxyl groups excluding tert-OH is 1. The Morgan fingerprint density at radius 3 is 2.47 bits per heavy atom. The quantitative estimate of drug-likeness (QED) is 0.703. The van der Waals surface area contributed by atoms with E-state index in [0.29, 0.717) is 15.7 Å². The van der Waals surface area contributed by atoms with E-state index >= 15 is 0 Å². The zero-order valence-corrected chi connectivity index (χ0v) is 13.5. The monoisotopic (exact) mass is 350 g/mol. The maximum Gasteiger partial charge on any atom is 0.241 e. The molecule has 0 aliphatic heterocycles. The summed E-state index contributed by atoms with van der Waals surface area (Å²) in [5.41, 5.74) is 6.67. The van der Waals surface area contributed by atoms with E-state index in [0.717, 1.165) is 0 Å². The molecule has 0 aliphatic rings. The van der Waals surface area contributed by atoms with E-state index in [-0.39, 0.29) is 17.4 Å². The van der Waals surface area contributed by atoms with E-state index in [1.54, 1.807) is 13.0 Å². The Morgan fingerprint density at radius 1 is 1.42 bits per heavy atom. The maximum atomic E-state index is 12.3. The summed E-state index contributed by atoms with van der Waals surface area (Å²) in [7, 11) is -3.70. The number of rotatable bonds is 5. The van der Waals surface area contributed by atoms with Crippen LogP contribution < -0.4 is 10.5 Å². The summed E-state index contributed by atoms with van der Waals surface area (Å²) in [6.07, 6.45) is 0. The Balaban J connectivity index is 3.17. The van der Waals surface area contributed by atoms with Crippen LogP contribution in [0, 0.1) is 12.8 Å². The first-order valence-electron chi connectivity index (χ1n) is 5.88. The highest BCUT2D eigenvalue weighted by Gasteiger charge is 2.24. The first-order chi connectivity index (χ1) is 8.69. The van der Waals surface area contributed by atoms with Crippen molar-refractivity contribution in [3.8, 4) is 0 Å². The average Bonchev–Trinajstić information content (AvgIpc) is 2.30. The van der Waals surface area contributed by atoms with Crippen LogP contribution in [0.2, 0.25) is 0 Å². The fourth-order valence-corrected chi connectivity index (χ4v) is 3.70. The molecule has 5 nitrogen and oxygen atoms in total. The van der Waals surface area contributed by atoms with Crippen molar-refractivity contribution < 1.29 is 13.5 Å². The smallest absolute Gasteiger partial charge is 0.241 e. The molecule has 0 spiro atoms. The second-order valence-corrected chi connectivity index (χ2v) is 7.33. The summed E-state index contributed by atoms with van der Waals surface area (Å²) in [6, 6.07) is 2.55. The van der Waals surface area contributed by atoms with Crippen LogP contribution in [-0.4, -0.2) is 26.2 Å². The topological polar surface area (TPSA) is 92.4 Å². The minimum absolute atomic E-state index is 0.00660. The van der Waals surface area contributed by atoms with Crippen molar-refractivity contribution in [2.45, 2.75) is 31.7 Å². The third-order valence-corrected chi connectivity index (χ3v) is 5.21. The zero-order valence-electron chi connectivity index (χ0n) is 11.1. The third-order valence-electron chi connectivity index (χ3n) is 2.89. The summed E-state index contributed by atoms with van der Waals surface area (Å²) in [5.74, 6) is -0.00660. The van der Waals surface area contributed by atoms with Gasteiger partial charge in [-0.05, 0) is 46.5 Å². The van der Waals surface area contributed by atoms with Gasteiger partial charge >= 0.3 is 0 Å². The van der Waals surface area contributed by atoms with Crippen molar-refractivity contribution in [3.05, 3.63) is 22.2 Å². The molecule has 0 bridgehead atoms. The molecular formula is C12H19BrN2O3S. The van der Waals surface area contributed by atoms with Crippen LogP contribution in [0.5, 0.6) is 0 Å². The highest BCUT2D eigenvalue weighted by atomic mass is 79.9. The summed E-state index contributed by atoms with van der Waals surface area (Å²) in [4.78, 5) is 0.132. The van der Waals surface area contributed by atoms with Crippen molar-refractivity contribution in [3.63, 3.8) is 0 Å². The Bertz CT molecular complexity index is 558. The predicted octanol–water partition coefficient (Wildman–Crippen LogP) is 1.63. The predicted molar refractivity (Wildman–Crippen MR) is 79.3 cm³/mol. The van der Waals surface area contributed by atoms with Gasteiger partial charge in [-0.1, -0.05) is 13.8 Å². The lowest BCUT2D eigenvalue weighted by molar-refractivity contribution is 0.227. The van der Waals surface area contributed by atoms with Crippen LogP contribution in [0.4, 0.5) is 5.69 Å². The molecule has 1 atom stereocenters. The first kappa shape index (κ1) is 16.4. The summed E-state index contributed by atoms with van der Waals surface area (Å²) >= 11 is 3.25. The molecule has 0 heterocycles. The van der Waals surface area contributed by atoms with Gasteiger partial charge in [0.25, 0.3) is 0 Å². The second-order valence-electron chi connectivity index (χ2n) is 4.79. The van der Waals surface area contributed by atoms with E-state index in [1.165, 1.54) is 6.07 Å². The molecule has 1 aromatic rings. The Hall–Kier alpha value is -0.630. The van der Waals surface area contributed by atoms with Crippen molar-refractivity contribution in [1.29, 1.82) is 0 Å². The fraction of sp³-hybridized carbons (Fsp3) is 0.500. The lowest BCUT2D eigenvalue weighted by atomic mass is 10.1. The Labute approximate surface area is 122 Å². The maximum absolute atomic E-state index is 12.3. The molecule has 0 radical (unpaired) electrons. The molecule has 0 amide bonds. The molecule has 0 unspecified atom stereocenters. The minimum Gasteiger partial charge on any atom is -0.398 e. The zero-order chi connectivity index (χ0) is 14.8. The van der Waals surface area contributed by atoms with Crippen LogP contribution >= 0.6 is 15.9 Å². The number of halogens is 1. The number of nitrogen functional groups attached to an aromatic ring is 1. The standard InChI is InChI=1S/C12H19BrN2O3S/c1-7(2)11(6-16)15-19(17,18)12-5-10(14)9(13)4-8(12)3/h4-5,7,11,15-16H,6,14H2,1-3H3/t11-/m1/s1. The number of hydrogen-bond donors (Lipinski definition) is 3. The molecule has 0 aromatic heterocycles. The molecule has 0 saturated heterocycles. The molecule has 7 heteroatoms. The molecule has 108 valence electrons. The van der Waals surface area contributed by atoms with Gasteiger partial charge in [0.1, 0.15) is 0 Å². The fourth-order valence-electron chi connectivity index (χ4n) is 1.61. The van der Waals surface area contributed by atoms with E-state index in [4.69, 9.17) is 5.73 Å². The lowest BCUT2D eigenvalue weighted by Gasteiger charge is -2.20. The summed E-state index contributed by atoms with van der Waals surface area (Å²) in [6.45, 7) is 5.13. The number of aryl methyl sites for hydroxylation is 1. The van der Waals surface area contributed by atoms with E-state index in [2.05, 4.69) is 20.7 Å². The van der Waals surface area contributed by atoms with Gasteiger partial charge in [0, 0.05) is 16.2 Å². The second kappa shape index (κ2) is 6.21. The molecule has 0 fully saturated rings. The van der Waals surface area contributed by atoms with Crippen molar-refractivity contribution >= 4 is 31.6 Å². The lowest BCUT2D eigenvalue weighted by Crippen LogP contribution is -2.41. The molecule has 1 rings (SSSR count). The molecule has 0 saturated carbocycles. The van der Waals surface area contributed by atoms with Crippen LogP contribution in [0.3, 0.4) is 0 Å². The van der Waals surface area contributed by atoms with Gasteiger partial charge < -0.3 is 10.8 Å². The number of aliphatic hydroxyl groups is 1. The molecule has 0 aliphatic carbocycles. The van der Waals surface area contributed by atoms with E-state index in [9.17, 15) is 13.5 Å². The molecule has 4 N–H and O–H groups in total. The molecule has 1 aromatic carbocycles. The highest BCUT2D eigenvalue weighted by molar-refractivity contribution is 9.10. The van der Waals surface area contributed by atoms with Gasteiger partial charge in [0.15, 0.2) is 0 Å². The van der Waals surface area contributed by atoms with Gasteiger partial charge in [-0.2, -0.15) is 0 Å². The van der Waals surface area contributed by atoms with Gasteiger partial charge in [0.05, 0.1) is 11.5 Å². The number of nitrogens with two attached hydrogens (primary N) is 1. The highest BCUT2D eigenvalue weighted by Crippen LogP contribution is 2.26. The minimum atomic E-state index is -3.70. The molecular weight excluding hydrogens is 332 g/mol. The van der Waals surface area contributed by atoms with Crippen LogP contribution in [-0.2, 0) is 10.0 Å². The molecule has 19 heavy (non-hydrogen) atoms. The largest absolute Gasteiger partial charge is 0.398 e. The average molecular weight is 351 g/mol. The van der Waals surface area contributed by atoms with Gasteiger partial charge in [-0.3, -0.25) is 0 Å². The van der Waals surface area contributed by atoms with Crippen molar-refractivity contribution in [1.82, 2.24) is 4.72 Å². The van der Waals surface area contributed by atoms with E-state index < -0.39 is 16.1 Å². The normalized spacial score (nSPS) is 13.8. The van der Waals surface area contributed by atoms with Crippen LogP contribution in [0.25, 0.3) is 0 Å². The van der Waals surface area contributed by atoms with Crippen LogP contribution in [0.1, 0.15) is 19.4 Å². The van der Waals surface area contributed by atoms with Crippen molar-refractivity contribution in [2.24, 2.45) is 5.92 Å². The number of hydrogen-bond acceptors (Lipinski definition) is 4. The first-order valence-corrected chi connectivity index (χ1v) is 8.15. The number of anilines is 1. The van der Waals surface area contributed by atoms with Gasteiger partial charge in [0.2, 0.25) is 10.0 Å². The third kappa shape index (κ3) is 3.92. The number of sulfonamides is 1. The number of nitrogens with one attached hydrogen (secondary N) is 1. The van der Waals surface area contributed by atoms with Gasteiger partial charge in [-0.15, -0.1) is 0 Å². The SMILES string of the molecule is Cc1cc(Br)c(N)cc1S(=O)(=O)N[C@H](CO)C(C)C. The Kier molecular flexibility index (Phi) is 5.37.